The lowest BCUT2D eigenvalue weighted by atomic mass is 9.81. The summed E-state index contributed by atoms with van der Waals surface area (Å²) in [6.07, 6.45) is 4.35. The Morgan fingerprint density at radius 1 is 1.28 bits per heavy atom. The van der Waals surface area contributed by atoms with Gasteiger partial charge in [0.2, 0.25) is 11.8 Å². The maximum atomic E-state index is 12.2. The number of nitrogens with zero attached hydrogens (tertiary/aromatic N) is 1. The van der Waals surface area contributed by atoms with Crippen molar-refractivity contribution in [3.05, 3.63) is 0 Å². The number of amides is 2. The third-order valence-electron chi connectivity index (χ3n) is 3.86. The first-order valence-corrected chi connectivity index (χ1v) is 6.74. The van der Waals surface area contributed by atoms with E-state index in [1.165, 1.54) is 0 Å². The number of nitrogens with one attached hydrogen (secondary N) is 1. The van der Waals surface area contributed by atoms with E-state index < -0.39 is 0 Å². The molecule has 0 aromatic heterocycles. The normalized spacial score (nSPS) is 23.5. The van der Waals surface area contributed by atoms with Crippen LogP contribution in [-0.2, 0) is 9.59 Å². The molecular weight excluding hydrogens is 230 g/mol. The van der Waals surface area contributed by atoms with Gasteiger partial charge in [0.15, 0.2) is 0 Å². The summed E-state index contributed by atoms with van der Waals surface area (Å²) in [6, 6.07) is 0. The molecule has 1 rings (SSSR count). The van der Waals surface area contributed by atoms with Crippen LogP contribution >= 0.6 is 0 Å². The Kier molecular flexibility index (Phi) is 6.12. The van der Waals surface area contributed by atoms with Gasteiger partial charge in [0.05, 0.1) is 0 Å². The lowest BCUT2D eigenvalue weighted by Crippen LogP contribution is -2.37. The second-order valence-electron chi connectivity index (χ2n) is 5.14. The molecule has 0 heterocycles. The van der Waals surface area contributed by atoms with Gasteiger partial charge in [0.1, 0.15) is 0 Å². The molecule has 0 saturated heterocycles. The molecule has 0 aliphatic heterocycles. The third-order valence-corrected chi connectivity index (χ3v) is 3.86. The molecule has 0 aromatic carbocycles. The van der Waals surface area contributed by atoms with Crippen molar-refractivity contribution in [3.63, 3.8) is 0 Å². The fourth-order valence-corrected chi connectivity index (χ4v) is 2.46. The summed E-state index contributed by atoms with van der Waals surface area (Å²) in [5.41, 5.74) is 5.64. The molecular formula is C13H25N3O2. The smallest absolute Gasteiger partial charge is 0.225 e. The zero-order valence-corrected chi connectivity index (χ0v) is 11.4. The minimum atomic E-state index is -0.0264. The third kappa shape index (κ3) is 4.29. The van der Waals surface area contributed by atoms with Crippen LogP contribution in [0.3, 0.4) is 0 Å². The highest BCUT2D eigenvalue weighted by molar-refractivity contribution is 5.80. The van der Waals surface area contributed by atoms with Crippen LogP contribution in [0.1, 0.15) is 32.1 Å². The van der Waals surface area contributed by atoms with E-state index in [-0.39, 0.29) is 17.7 Å². The summed E-state index contributed by atoms with van der Waals surface area (Å²) in [5, 5.41) is 2.56. The van der Waals surface area contributed by atoms with Gasteiger partial charge in [-0.1, -0.05) is 0 Å². The van der Waals surface area contributed by atoms with Gasteiger partial charge in [-0.25, -0.2) is 0 Å². The minimum absolute atomic E-state index is 0.0264. The number of rotatable bonds is 5. The fraction of sp³-hybridized carbons (Fsp3) is 0.846. The lowest BCUT2D eigenvalue weighted by molar-refractivity contribution is -0.135. The summed E-state index contributed by atoms with van der Waals surface area (Å²) in [5.74, 6) is 0.864. The molecule has 1 aliphatic rings. The molecule has 1 aliphatic carbocycles. The Hall–Kier alpha value is -1.10. The van der Waals surface area contributed by atoms with Crippen LogP contribution in [0.2, 0.25) is 0 Å². The summed E-state index contributed by atoms with van der Waals surface area (Å²) in [4.78, 5) is 25.0. The van der Waals surface area contributed by atoms with Crippen LogP contribution in [0.25, 0.3) is 0 Å². The molecule has 2 amide bonds. The van der Waals surface area contributed by atoms with E-state index in [4.69, 9.17) is 5.73 Å². The SMILES string of the molecule is CNC(=O)CCN(C)C(=O)C1CCC(CN)CC1. The molecule has 104 valence electrons. The second kappa shape index (κ2) is 7.36. The average molecular weight is 255 g/mol. The Bertz CT molecular complexity index is 286. The molecule has 0 unspecified atom stereocenters. The van der Waals surface area contributed by atoms with E-state index in [9.17, 15) is 9.59 Å². The molecule has 5 nitrogen and oxygen atoms in total. The van der Waals surface area contributed by atoms with Gasteiger partial charge in [-0.2, -0.15) is 0 Å². The quantitative estimate of drug-likeness (QED) is 0.744. The number of carbonyl (C=O) groups is 2. The van der Waals surface area contributed by atoms with Crippen LogP contribution in [0, 0.1) is 11.8 Å². The van der Waals surface area contributed by atoms with Gasteiger partial charge in [-0.3, -0.25) is 9.59 Å². The molecule has 3 N–H and O–H groups in total. The monoisotopic (exact) mass is 255 g/mol. The number of nitrogens with two attached hydrogens (primary N) is 1. The second-order valence-corrected chi connectivity index (χ2v) is 5.14. The predicted molar refractivity (Wildman–Crippen MR) is 70.8 cm³/mol. The fourth-order valence-electron chi connectivity index (χ4n) is 2.46. The molecule has 1 fully saturated rings. The molecule has 5 heteroatoms. The number of carbonyl (C=O) groups excluding carboxylic acids is 2. The maximum Gasteiger partial charge on any atom is 0.225 e. The standard InChI is InChI=1S/C13H25N3O2/c1-15-12(17)7-8-16(2)13(18)11-5-3-10(9-14)4-6-11/h10-11H,3-9,14H2,1-2H3,(H,15,17). The molecule has 0 aromatic rings. The van der Waals surface area contributed by atoms with Crippen LogP contribution in [0.4, 0.5) is 0 Å². The zero-order valence-electron chi connectivity index (χ0n) is 11.4. The van der Waals surface area contributed by atoms with Gasteiger partial charge in [0, 0.05) is 33.0 Å². The van der Waals surface area contributed by atoms with Crippen molar-refractivity contribution in [3.8, 4) is 0 Å². The summed E-state index contributed by atoms with van der Waals surface area (Å²) in [7, 11) is 3.39. The van der Waals surface area contributed by atoms with Crippen LogP contribution in [0.5, 0.6) is 0 Å². The molecule has 18 heavy (non-hydrogen) atoms. The van der Waals surface area contributed by atoms with Crippen molar-refractivity contribution in [2.45, 2.75) is 32.1 Å². The summed E-state index contributed by atoms with van der Waals surface area (Å²) < 4.78 is 0. The summed E-state index contributed by atoms with van der Waals surface area (Å²) in [6.45, 7) is 1.22. The number of hydrogen-bond donors (Lipinski definition) is 2. The molecule has 0 spiro atoms. The highest BCUT2D eigenvalue weighted by atomic mass is 16.2. The molecule has 0 radical (unpaired) electrons. The van der Waals surface area contributed by atoms with E-state index in [0.717, 1.165) is 32.2 Å². The highest BCUT2D eigenvalue weighted by Gasteiger charge is 2.27. The van der Waals surface area contributed by atoms with Crippen LogP contribution in [-0.4, -0.2) is 43.9 Å². The van der Waals surface area contributed by atoms with Gasteiger partial charge in [-0.15, -0.1) is 0 Å². The largest absolute Gasteiger partial charge is 0.359 e. The van der Waals surface area contributed by atoms with Crippen LogP contribution in [0.15, 0.2) is 0 Å². The Morgan fingerprint density at radius 3 is 2.39 bits per heavy atom. The van der Waals surface area contributed by atoms with Gasteiger partial charge >= 0.3 is 0 Å². The van der Waals surface area contributed by atoms with Crippen molar-refractivity contribution in [2.75, 3.05) is 27.2 Å². The molecule has 1 saturated carbocycles. The lowest BCUT2D eigenvalue weighted by Gasteiger charge is -2.29. The van der Waals surface area contributed by atoms with Gasteiger partial charge in [0.25, 0.3) is 0 Å². The number of hydrogen-bond acceptors (Lipinski definition) is 3. The highest BCUT2D eigenvalue weighted by Crippen LogP contribution is 2.29. The first-order valence-electron chi connectivity index (χ1n) is 6.74. The maximum absolute atomic E-state index is 12.2. The van der Waals surface area contributed by atoms with E-state index in [1.54, 1.807) is 19.0 Å². The first-order chi connectivity index (χ1) is 8.58. The minimum Gasteiger partial charge on any atom is -0.359 e. The Labute approximate surface area is 109 Å². The summed E-state index contributed by atoms with van der Waals surface area (Å²) >= 11 is 0. The topological polar surface area (TPSA) is 75.4 Å². The van der Waals surface area contributed by atoms with Crippen molar-refractivity contribution in [1.82, 2.24) is 10.2 Å². The molecule has 0 atom stereocenters. The van der Waals surface area contributed by atoms with Crippen molar-refractivity contribution in [2.24, 2.45) is 17.6 Å². The van der Waals surface area contributed by atoms with E-state index >= 15 is 0 Å². The van der Waals surface area contributed by atoms with E-state index in [2.05, 4.69) is 5.32 Å². The zero-order chi connectivity index (χ0) is 13.5. The Morgan fingerprint density at radius 2 is 1.89 bits per heavy atom. The van der Waals surface area contributed by atoms with Crippen molar-refractivity contribution in [1.29, 1.82) is 0 Å². The molecule has 0 bridgehead atoms. The average Bonchev–Trinajstić information content (AvgIpc) is 2.43. The van der Waals surface area contributed by atoms with Crippen molar-refractivity contribution < 1.29 is 9.59 Å². The van der Waals surface area contributed by atoms with Crippen molar-refractivity contribution >= 4 is 11.8 Å². The van der Waals surface area contributed by atoms with Gasteiger partial charge < -0.3 is 16.0 Å². The van der Waals surface area contributed by atoms with E-state index in [1.807, 2.05) is 0 Å². The first kappa shape index (κ1) is 15.0. The van der Waals surface area contributed by atoms with E-state index in [0.29, 0.717) is 18.9 Å². The predicted octanol–water partition coefficient (Wildman–Crippen LogP) is 0.346. The van der Waals surface area contributed by atoms with Gasteiger partial charge in [-0.05, 0) is 38.1 Å². The Balaban J connectivity index is 2.33. The van der Waals surface area contributed by atoms with Crippen LogP contribution < -0.4 is 11.1 Å².